The monoisotopic (exact) mass is 472 g/mol. The van der Waals surface area contributed by atoms with Gasteiger partial charge in [-0.05, 0) is 92.5 Å². The van der Waals surface area contributed by atoms with Crippen molar-refractivity contribution < 1.29 is 9.90 Å². The fourth-order valence-corrected chi connectivity index (χ4v) is 6.53. The number of fused-ring (bicyclic) bond motifs is 3. The summed E-state index contributed by atoms with van der Waals surface area (Å²) >= 11 is 0. The van der Waals surface area contributed by atoms with Crippen LogP contribution in [0.15, 0.2) is 42.5 Å². The molecule has 2 aromatic carbocycles. The molecule has 3 aliphatic carbocycles. The number of aromatic amines is 1. The van der Waals surface area contributed by atoms with Crippen LogP contribution in [0.1, 0.15) is 80.4 Å². The third kappa shape index (κ3) is 4.74. The van der Waals surface area contributed by atoms with Crippen molar-refractivity contribution in [1.29, 1.82) is 0 Å². The number of rotatable bonds is 6. The van der Waals surface area contributed by atoms with Crippen molar-refractivity contribution in [3.63, 3.8) is 0 Å². The average Bonchev–Trinajstić information content (AvgIpc) is 3.61. The van der Waals surface area contributed by atoms with Crippen molar-refractivity contribution >= 4 is 16.9 Å². The van der Waals surface area contributed by atoms with Gasteiger partial charge in [0, 0.05) is 23.2 Å². The molecule has 4 atom stereocenters. The molecule has 6 heteroatoms. The van der Waals surface area contributed by atoms with Gasteiger partial charge in [0.2, 0.25) is 0 Å². The van der Waals surface area contributed by atoms with Gasteiger partial charge in [-0.15, -0.1) is 0 Å². The molecule has 0 aliphatic heterocycles. The minimum atomic E-state index is -0.683. The van der Waals surface area contributed by atoms with Crippen LogP contribution in [0.4, 0.5) is 0 Å². The quantitative estimate of drug-likeness (QED) is 0.366. The van der Waals surface area contributed by atoms with Gasteiger partial charge < -0.3 is 15.4 Å². The van der Waals surface area contributed by atoms with Crippen LogP contribution < -0.4 is 10.6 Å². The molecular weight excluding hydrogens is 436 g/mol. The molecule has 35 heavy (non-hydrogen) atoms. The highest BCUT2D eigenvalue weighted by Gasteiger charge is 2.40. The first kappa shape index (κ1) is 22.7. The molecule has 4 unspecified atom stereocenters. The summed E-state index contributed by atoms with van der Waals surface area (Å²) in [5.41, 5.74) is 4.24. The Labute approximate surface area is 206 Å². The van der Waals surface area contributed by atoms with Crippen LogP contribution in [-0.2, 0) is 0 Å². The molecule has 4 N–H and O–H groups in total. The molecule has 6 nitrogen and oxygen atoms in total. The second kappa shape index (κ2) is 9.40. The predicted octanol–water partition coefficient (Wildman–Crippen LogP) is 5.31. The zero-order valence-corrected chi connectivity index (χ0v) is 20.5. The number of aliphatic hydroxyl groups is 1. The fourth-order valence-electron chi connectivity index (χ4n) is 6.53. The number of aromatic nitrogens is 2. The lowest BCUT2D eigenvalue weighted by Crippen LogP contribution is -2.38. The zero-order valence-electron chi connectivity index (χ0n) is 20.5. The van der Waals surface area contributed by atoms with E-state index in [-0.39, 0.29) is 5.91 Å². The number of nitrogens with one attached hydrogen (secondary N) is 3. The Bertz CT molecular complexity index is 1200. The van der Waals surface area contributed by atoms with Crippen molar-refractivity contribution in [2.75, 3.05) is 0 Å². The minimum absolute atomic E-state index is 0.0252. The average molecular weight is 473 g/mol. The Morgan fingerprint density at radius 3 is 2.54 bits per heavy atom. The van der Waals surface area contributed by atoms with Gasteiger partial charge >= 0.3 is 0 Å². The summed E-state index contributed by atoms with van der Waals surface area (Å²) in [6.45, 7) is 2.30. The zero-order chi connectivity index (χ0) is 23.9. The number of nitrogens with zero attached hydrogens (tertiary/aromatic N) is 1. The van der Waals surface area contributed by atoms with Crippen LogP contribution >= 0.6 is 0 Å². The molecule has 0 spiro atoms. The van der Waals surface area contributed by atoms with E-state index >= 15 is 0 Å². The largest absolute Gasteiger partial charge is 0.374 e. The van der Waals surface area contributed by atoms with Gasteiger partial charge in [-0.3, -0.25) is 10.1 Å². The molecule has 2 bridgehead atoms. The van der Waals surface area contributed by atoms with E-state index in [1.807, 2.05) is 42.5 Å². The maximum Gasteiger partial charge on any atom is 0.251 e. The first-order valence-electron chi connectivity index (χ1n) is 13.4. The van der Waals surface area contributed by atoms with Crippen LogP contribution in [0.5, 0.6) is 0 Å². The van der Waals surface area contributed by atoms with Gasteiger partial charge in [0.25, 0.3) is 5.91 Å². The minimum Gasteiger partial charge on any atom is -0.374 e. The maximum absolute atomic E-state index is 12.8. The van der Waals surface area contributed by atoms with E-state index in [2.05, 4.69) is 22.5 Å². The van der Waals surface area contributed by atoms with Gasteiger partial charge in [-0.2, -0.15) is 0 Å². The first-order chi connectivity index (χ1) is 17.0. The van der Waals surface area contributed by atoms with E-state index in [4.69, 9.17) is 4.98 Å². The van der Waals surface area contributed by atoms with Crippen LogP contribution in [0.25, 0.3) is 22.4 Å². The maximum atomic E-state index is 12.8. The molecule has 3 aliphatic rings. The van der Waals surface area contributed by atoms with Gasteiger partial charge in [-0.1, -0.05) is 31.5 Å². The van der Waals surface area contributed by atoms with Crippen LogP contribution in [0.2, 0.25) is 0 Å². The van der Waals surface area contributed by atoms with Gasteiger partial charge in [0.15, 0.2) is 0 Å². The number of H-pyrrole nitrogens is 1. The van der Waals surface area contributed by atoms with Crippen LogP contribution in [0.3, 0.4) is 0 Å². The molecule has 1 heterocycles. The summed E-state index contributed by atoms with van der Waals surface area (Å²) < 4.78 is 0. The summed E-state index contributed by atoms with van der Waals surface area (Å²) in [6.07, 6.45) is 9.00. The van der Waals surface area contributed by atoms with E-state index in [9.17, 15) is 9.90 Å². The lowest BCUT2D eigenvalue weighted by molar-refractivity contribution is 0.0923. The highest BCUT2D eigenvalue weighted by atomic mass is 16.3. The fraction of sp³-hybridized carbons (Fsp3) is 0.517. The Morgan fingerprint density at radius 1 is 1.03 bits per heavy atom. The highest BCUT2D eigenvalue weighted by molar-refractivity contribution is 5.95. The van der Waals surface area contributed by atoms with Crippen molar-refractivity contribution in [2.45, 2.75) is 76.6 Å². The lowest BCUT2D eigenvalue weighted by atomic mass is 9.87. The van der Waals surface area contributed by atoms with E-state index < -0.39 is 6.23 Å². The molecule has 3 saturated carbocycles. The molecule has 1 aromatic heterocycles. The first-order valence-corrected chi connectivity index (χ1v) is 13.4. The van der Waals surface area contributed by atoms with E-state index in [1.54, 1.807) is 0 Å². The molecule has 6 rings (SSSR count). The number of amides is 1. The third-order valence-corrected chi connectivity index (χ3v) is 8.71. The van der Waals surface area contributed by atoms with Crippen molar-refractivity contribution in [3.8, 4) is 11.4 Å². The second-order valence-electron chi connectivity index (χ2n) is 11.2. The van der Waals surface area contributed by atoms with Crippen molar-refractivity contribution in [3.05, 3.63) is 53.6 Å². The molecule has 3 aromatic rings. The Balaban J connectivity index is 1.12. The number of hydrogen-bond acceptors (Lipinski definition) is 4. The van der Waals surface area contributed by atoms with E-state index in [0.29, 0.717) is 23.6 Å². The molecular formula is C29H36N4O2. The number of carbonyl (C=O) groups is 1. The smallest absolute Gasteiger partial charge is 0.251 e. The third-order valence-electron chi connectivity index (χ3n) is 8.71. The van der Waals surface area contributed by atoms with E-state index in [0.717, 1.165) is 59.1 Å². The van der Waals surface area contributed by atoms with Crippen LogP contribution in [-0.4, -0.2) is 33.1 Å². The van der Waals surface area contributed by atoms with Crippen molar-refractivity contribution in [2.24, 2.45) is 17.8 Å². The SMILES string of the molecule is CC1CCC(NC(O)c2ccc3nc(-c4ccc(C(=O)NC5CC6CCC5C6)cc4)[nH]c3c2)CC1. The molecule has 0 radical (unpaired) electrons. The molecule has 1 amide bonds. The topological polar surface area (TPSA) is 90.0 Å². The van der Waals surface area contributed by atoms with E-state index in [1.165, 1.54) is 32.1 Å². The summed E-state index contributed by atoms with van der Waals surface area (Å²) in [6, 6.07) is 14.3. The Morgan fingerprint density at radius 2 is 1.83 bits per heavy atom. The number of carbonyl (C=O) groups excluding carboxylic acids is 1. The summed E-state index contributed by atoms with van der Waals surface area (Å²) in [5, 5.41) is 17.4. The summed E-state index contributed by atoms with van der Waals surface area (Å²) in [7, 11) is 0. The van der Waals surface area contributed by atoms with Gasteiger partial charge in [-0.25, -0.2) is 4.98 Å². The number of imidazole rings is 1. The van der Waals surface area contributed by atoms with Gasteiger partial charge in [0.1, 0.15) is 12.1 Å². The van der Waals surface area contributed by atoms with Crippen LogP contribution in [0, 0.1) is 17.8 Å². The predicted molar refractivity (Wildman–Crippen MR) is 138 cm³/mol. The molecule has 0 saturated heterocycles. The highest BCUT2D eigenvalue weighted by Crippen LogP contribution is 2.44. The lowest BCUT2D eigenvalue weighted by Gasteiger charge is -2.29. The summed E-state index contributed by atoms with van der Waals surface area (Å²) in [4.78, 5) is 20.9. The Hall–Kier alpha value is -2.70. The molecule has 3 fully saturated rings. The number of benzene rings is 2. The number of hydrogen-bond donors (Lipinski definition) is 4. The molecule has 184 valence electrons. The number of aliphatic hydroxyl groups excluding tert-OH is 1. The van der Waals surface area contributed by atoms with Crippen molar-refractivity contribution in [1.82, 2.24) is 20.6 Å². The van der Waals surface area contributed by atoms with Gasteiger partial charge in [0.05, 0.1) is 11.0 Å². The Kier molecular flexibility index (Phi) is 6.11. The standard InChI is InChI=1S/C29H36N4O2/c1-17-2-11-23(12-3-17)30-29(35)22-10-13-24-26(16-22)32-27(31-24)19-6-8-20(9-7-19)28(34)33-25-15-18-4-5-21(25)14-18/h6-10,13,16-18,21,23,25,29-30,35H,2-5,11-12,14-15H2,1H3,(H,31,32)(H,33,34). The second-order valence-corrected chi connectivity index (χ2v) is 11.2. The normalized spacial score (nSPS) is 28.9. The summed E-state index contributed by atoms with van der Waals surface area (Å²) in [5.74, 6) is 3.06.